The number of rotatable bonds is 5. The minimum Gasteiger partial charge on any atom is -0.505 e. The van der Waals surface area contributed by atoms with Crippen LogP contribution in [0.3, 0.4) is 0 Å². The van der Waals surface area contributed by atoms with Gasteiger partial charge in [-0.3, -0.25) is 9.78 Å². The first-order valence-corrected chi connectivity index (χ1v) is 6.91. The van der Waals surface area contributed by atoms with Gasteiger partial charge in [0.05, 0.1) is 11.8 Å². The fourth-order valence-corrected chi connectivity index (χ4v) is 2.10. The van der Waals surface area contributed by atoms with E-state index in [9.17, 15) is 9.90 Å². The standard InChI is InChI=1S/C16H19N3O2/c1-2-9-19(13-5-3-12(10-17)4-6-13)16(21)14-7-8-18-11-15(14)20/h3-8,11,20H,2,9-10,17H2,1H3. The summed E-state index contributed by atoms with van der Waals surface area (Å²) >= 11 is 0. The summed E-state index contributed by atoms with van der Waals surface area (Å²) in [5, 5.41) is 9.80. The van der Waals surface area contributed by atoms with Crippen LogP contribution in [0, 0.1) is 0 Å². The zero-order valence-corrected chi connectivity index (χ0v) is 12.0. The quantitative estimate of drug-likeness (QED) is 0.883. The molecule has 110 valence electrons. The van der Waals surface area contributed by atoms with Gasteiger partial charge in [-0.25, -0.2) is 0 Å². The second kappa shape index (κ2) is 6.85. The van der Waals surface area contributed by atoms with E-state index in [0.29, 0.717) is 13.1 Å². The molecule has 0 atom stereocenters. The lowest BCUT2D eigenvalue weighted by atomic mass is 10.1. The largest absolute Gasteiger partial charge is 0.505 e. The van der Waals surface area contributed by atoms with Crippen molar-refractivity contribution in [3.63, 3.8) is 0 Å². The van der Waals surface area contributed by atoms with Crippen LogP contribution >= 0.6 is 0 Å². The van der Waals surface area contributed by atoms with Gasteiger partial charge in [-0.2, -0.15) is 0 Å². The van der Waals surface area contributed by atoms with E-state index in [4.69, 9.17) is 5.73 Å². The fourth-order valence-electron chi connectivity index (χ4n) is 2.10. The van der Waals surface area contributed by atoms with Crippen LogP contribution in [-0.4, -0.2) is 22.5 Å². The summed E-state index contributed by atoms with van der Waals surface area (Å²) in [6, 6.07) is 9.06. The van der Waals surface area contributed by atoms with E-state index in [-0.39, 0.29) is 17.2 Å². The van der Waals surface area contributed by atoms with Gasteiger partial charge in [0.25, 0.3) is 5.91 Å². The van der Waals surface area contributed by atoms with Crippen molar-refractivity contribution in [2.24, 2.45) is 5.73 Å². The van der Waals surface area contributed by atoms with Crippen LogP contribution in [0.2, 0.25) is 0 Å². The number of nitrogens with two attached hydrogens (primary N) is 1. The SMILES string of the molecule is CCCN(C(=O)c1ccncc1O)c1ccc(CN)cc1. The lowest BCUT2D eigenvalue weighted by molar-refractivity contribution is 0.0984. The molecular formula is C16H19N3O2. The van der Waals surface area contributed by atoms with Crippen molar-refractivity contribution in [1.29, 1.82) is 0 Å². The molecule has 0 fully saturated rings. The van der Waals surface area contributed by atoms with Crippen LogP contribution < -0.4 is 10.6 Å². The van der Waals surface area contributed by atoms with Crippen LogP contribution in [0.25, 0.3) is 0 Å². The maximum atomic E-state index is 12.6. The highest BCUT2D eigenvalue weighted by Crippen LogP contribution is 2.22. The molecule has 0 saturated carbocycles. The van der Waals surface area contributed by atoms with Crippen molar-refractivity contribution in [3.05, 3.63) is 53.9 Å². The smallest absolute Gasteiger partial charge is 0.262 e. The van der Waals surface area contributed by atoms with Gasteiger partial charge in [0.1, 0.15) is 5.75 Å². The average Bonchev–Trinajstić information content (AvgIpc) is 2.52. The van der Waals surface area contributed by atoms with E-state index in [2.05, 4.69) is 4.98 Å². The summed E-state index contributed by atoms with van der Waals surface area (Å²) < 4.78 is 0. The first-order chi connectivity index (χ1) is 10.2. The molecule has 0 saturated heterocycles. The summed E-state index contributed by atoms with van der Waals surface area (Å²) in [7, 11) is 0. The molecule has 5 nitrogen and oxygen atoms in total. The number of anilines is 1. The molecule has 21 heavy (non-hydrogen) atoms. The molecule has 1 amide bonds. The Bertz CT molecular complexity index is 611. The van der Waals surface area contributed by atoms with Gasteiger partial charge in [-0.05, 0) is 30.2 Å². The molecule has 0 bridgehead atoms. The monoisotopic (exact) mass is 285 g/mol. The fraction of sp³-hybridized carbons (Fsp3) is 0.250. The molecule has 1 aromatic heterocycles. The Morgan fingerprint density at radius 1 is 1.29 bits per heavy atom. The van der Waals surface area contributed by atoms with Crippen LogP contribution in [0.4, 0.5) is 5.69 Å². The van der Waals surface area contributed by atoms with Crippen molar-refractivity contribution in [3.8, 4) is 5.75 Å². The molecule has 0 spiro atoms. The van der Waals surface area contributed by atoms with Gasteiger partial charge in [0.15, 0.2) is 0 Å². The molecule has 0 radical (unpaired) electrons. The Balaban J connectivity index is 2.33. The highest BCUT2D eigenvalue weighted by molar-refractivity contribution is 6.07. The number of benzene rings is 1. The van der Waals surface area contributed by atoms with Crippen molar-refractivity contribution < 1.29 is 9.90 Å². The van der Waals surface area contributed by atoms with Gasteiger partial charge >= 0.3 is 0 Å². The number of carbonyl (C=O) groups is 1. The lowest BCUT2D eigenvalue weighted by Crippen LogP contribution is -2.31. The summed E-state index contributed by atoms with van der Waals surface area (Å²) in [6.45, 7) is 3.04. The zero-order valence-electron chi connectivity index (χ0n) is 12.0. The number of hydrogen-bond acceptors (Lipinski definition) is 4. The number of aromatic nitrogens is 1. The molecule has 1 aromatic carbocycles. The molecule has 0 unspecified atom stereocenters. The molecule has 0 aliphatic heterocycles. The second-order valence-corrected chi connectivity index (χ2v) is 4.72. The number of nitrogens with zero attached hydrogens (tertiary/aromatic N) is 2. The van der Waals surface area contributed by atoms with E-state index in [1.807, 2.05) is 31.2 Å². The van der Waals surface area contributed by atoms with Crippen molar-refractivity contribution >= 4 is 11.6 Å². The first-order valence-electron chi connectivity index (χ1n) is 6.91. The lowest BCUT2D eigenvalue weighted by Gasteiger charge is -2.23. The number of amides is 1. The van der Waals surface area contributed by atoms with Crippen LogP contribution in [0.15, 0.2) is 42.7 Å². The van der Waals surface area contributed by atoms with Crippen molar-refractivity contribution in [2.75, 3.05) is 11.4 Å². The minimum absolute atomic E-state index is 0.109. The predicted octanol–water partition coefficient (Wildman–Crippen LogP) is 2.30. The van der Waals surface area contributed by atoms with Gasteiger partial charge < -0.3 is 15.7 Å². The Morgan fingerprint density at radius 2 is 2.00 bits per heavy atom. The van der Waals surface area contributed by atoms with E-state index in [0.717, 1.165) is 17.7 Å². The van der Waals surface area contributed by atoms with Gasteiger partial charge in [0.2, 0.25) is 0 Å². The van der Waals surface area contributed by atoms with Crippen LogP contribution in [0.5, 0.6) is 5.75 Å². The summed E-state index contributed by atoms with van der Waals surface area (Å²) in [4.78, 5) is 18.1. The predicted molar refractivity (Wildman–Crippen MR) is 82.2 cm³/mol. The first kappa shape index (κ1) is 15.0. The van der Waals surface area contributed by atoms with Crippen molar-refractivity contribution in [1.82, 2.24) is 4.98 Å². The molecule has 0 aliphatic rings. The zero-order chi connectivity index (χ0) is 15.2. The minimum atomic E-state index is -0.239. The summed E-state index contributed by atoms with van der Waals surface area (Å²) in [6.07, 6.45) is 3.58. The molecular weight excluding hydrogens is 266 g/mol. The maximum Gasteiger partial charge on any atom is 0.262 e. The number of aromatic hydroxyl groups is 1. The molecule has 5 heteroatoms. The third-order valence-corrected chi connectivity index (χ3v) is 3.21. The van der Waals surface area contributed by atoms with E-state index < -0.39 is 0 Å². The molecule has 2 rings (SSSR count). The Hall–Kier alpha value is -2.40. The highest BCUT2D eigenvalue weighted by Gasteiger charge is 2.19. The molecule has 0 aliphatic carbocycles. The number of pyridine rings is 1. The van der Waals surface area contributed by atoms with Gasteiger partial charge in [-0.15, -0.1) is 0 Å². The van der Waals surface area contributed by atoms with E-state index in [1.54, 1.807) is 4.90 Å². The summed E-state index contributed by atoms with van der Waals surface area (Å²) in [5.41, 5.74) is 7.63. The molecule has 1 heterocycles. The number of hydrogen-bond donors (Lipinski definition) is 2. The third kappa shape index (κ3) is 3.38. The molecule has 3 N–H and O–H groups in total. The topological polar surface area (TPSA) is 79.5 Å². The average molecular weight is 285 g/mol. The molecule has 2 aromatic rings. The second-order valence-electron chi connectivity index (χ2n) is 4.72. The van der Waals surface area contributed by atoms with Crippen LogP contribution in [-0.2, 0) is 6.54 Å². The van der Waals surface area contributed by atoms with E-state index >= 15 is 0 Å². The van der Waals surface area contributed by atoms with Gasteiger partial charge in [0, 0.05) is 25.0 Å². The summed E-state index contributed by atoms with van der Waals surface area (Å²) in [5.74, 6) is -0.348. The normalized spacial score (nSPS) is 10.4. The number of carbonyl (C=O) groups excluding carboxylic acids is 1. The van der Waals surface area contributed by atoms with E-state index in [1.165, 1.54) is 18.5 Å². The van der Waals surface area contributed by atoms with Crippen LogP contribution in [0.1, 0.15) is 29.3 Å². The Morgan fingerprint density at radius 3 is 2.57 bits per heavy atom. The maximum absolute atomic E-state index is 12.6. The Labute approximate surface area is 124 Å². The Kier molecular flexibility index (Phi) is 4.90. The van der Waals surface area contributed by atoms with Gasteiger partial charge in [-0.1, -0.05) is 19.1 Å². The highest BCUT2D eigenvalue weighted by atomic mass is 16.3. The third-order valence-electron chi connectivity index (χ3n) is 3.21. The van der Waals surface area contributed by atoms with Crippen molar-refractivity contribution in [2.45, 2.75) is 19.9 Å².